The molecule has 1 saturated heterocycles. The van der Waals surface area contributed by atoms with Crippen LogP contribution >= 0.6 is 26.6 Å². The van der Waals surface area contributed by atoms with Crippen LogP contribution in [0.4, 0.5) is 11.4 Å². The molecular weight excluding hydrogens is 711 g/mol. The fourth-order valence-electron chi connectivity index (χ4n) is 9.91. The molecule has 0 aromatic heterocycles. The summed E-state index contributed by atoms with van der Waals surface area (Å²) in [5, 5.41) is 0. The second-order valence-corrected chi connectivity index (χ2v) is 25.8. The fraction of sp³-hybridized carbons (Fsp3) is 0.650. The van der Waals surface area contributed by atoms with Crippen LogP contribution in [-0.4, -0.2) is 34.4 Å². The number of anilines is 2. The molecule has 3 saturated carbocycles. The first-order valence-electron chi connectivity index (χ1n) is 18.4. The summed E-state index contributed by atoms with van der Waals surface area (Å²) < 4.78 is 2.71. The van der Waals surface area contributed by atoms with Gasteiger partial charge in [-0.1, -0.05) is 35.4 Å². The van der Waals surface area contributed by atoms with Gasteiger partial charge in [0.05, 0.1) is 24.5 Å². The molecule has 2 aromatic carbocycles. The summed E-state index contributed by atoms with van der Waals surface area (Å²) in [5.41, 5.74) is 13.8. The Balaban J connectivity index is 0.000000181. The summed E-state index contributed by atoms with van der Waals surface area (Å²) in [4.78, 5) is 4.81. The molecule has 0 bridgehead atoms. The predicted octanol–water partition coefficient (Wildman–Crippen LogP) is 12.7. The number of nitrogens with zero attached hydrogens (tertiary/aromatic N) is 2. The third kappa shape index (κ3) is 8.58. The van der Waals surface area contributed by atoms with Crippen molar-refractivity contribution in [2.45, 2.75) is 155 Å². The fourth-order valence-corrected chi connectivity index (χ4v) is 25.5. The van der Waals surface area contributed by atoms with Gasteiger partial charge in [-0.05, 0) is 63.8 Å². The SMILES string of the molecule is Cc1cc(C)c(N2[CH+]N(c3c(C)cc(C)cc3C)CC2)c(C)c1.[Cl][Ru]([Cl])=[CH][P+](C1CCCCC1)(C1CCCCC1)C1CCCCC1. The minimum atomic E-state index is -1.68. The van der Waals surface area contributed by atoms with Gasteiger partial charge < -0.3 is 0 Å². The number of benzene rings is 2. The van der Waals surface area contributed by atoms with E-state index in [-0.39, 0.29) is 0 Å². The van der Waals surface area contributed by atoms with E-state index in [1.807, 2.05) is 0 Å². The standard InChI is InChI=1S/C21H27N2.C19H34P.2ClH.Ru/c1-14-9-16(3)20(17(4)10-14)22-7-8-23(13-22)21-18(5)11-15(2)12-19(21)6;1-20(17-11-5-2-6-12-17,18-13-7-3-8-14-18)19-15-9-4-10-16-19;;;/h9-13H,7-8H2,1-6H3;1,17-19H,2-16H2;2*1H;/q2*+1;;;+2/p-2. The molecule has 0 amide bonds. The van der Waals surface area contributed by atoms with Crippen molar-refractivity contribution >= 4 is 42.4 Å². The van der Waals surface area contributed by atoms with Crippen LogP contribution in [0.25, 0.3) is 0 Å². The third-order valence-electron chi connectivity index (χ3n) is 11.6. The third-order valence-corrected chi connectivity index (χ3v) is 23.2. The van der Waals surface area contributed by atoms with E-state index in [0.29, 0.717) is 0 Å². The van der Waals surface area contributed by atoms with Crippen LogP contribution in [0.2, 0.25) is 0 Å². The molecule has 256 valence electrons. The maximum atomic E-state index is 6.60. The normalized spacial score (nSPS) is 20.7. The molecule has 1 heterocycles. The molecule has 3 aliphatic carbocycles. The molecule has 1 aliphatic heterocycles. The molecule has 46 heavy (non-hydrogen) atoms. The molecule has 6 heteroatoms. The zero-order valence-corrected chi connectivity index (χ0v) is 33.8. The minimum absolute atomic E-state index is 0.996. The van der Waals surface area contributed by atoms with Crippen LogP contribution in [0.5, 0.6) is 0 Å². The molecule has 2 nitrogen and oxygen atoms in total. The van der Waals surface area contributed by atoms with E-state index in [9.17, 15) is 0 Å². The summed E-state index contributed by atoms with van der Waals surface area (Å²) in [6.45, 7) is 17.6. The van der Waals surface area contributed by atoms with Crippen molar-refractivity contribution in [3.63, 3.8) is 0 Å². The van der Waals surface area contributed by atoms with Crippen molar-refractivity contribution in [3.05, 3.63) is 64.3 Å². The predicted molar refractivity (Wildman–Crippen MR) is 206 cm³/mol. The summed E-state index contributed by atoms with van der Waals surface area (Å²) in [6, 6.07) is 9.12. The van der Waals surface area contributed by atoms with Gasteiger partial charge in [-0.25, -0.2) is 0 Å². The molecule has 4 fully saturated rings. The van der Waals surface area contributed by atoms with Crippen molar-refractivity contribution < 1.29 is 13.5 Å². The van der Waals surface area contributed by atoms with Crippen molar-refractivity contribution in [3.8, 4) is 0 Å². The van der Waals surface area contributed by atoms with Gasteiger partial charge in [-0.2, -0.15) is 9.80 Å². The molecule has 6 rings (SSSR count). The monoisotopic (exact) mass is 772 g/mol. The van der Waals surface area contributed by atoms with Gasteiger partial charge in [0.25, 0.3) is 6.67 Å². The first-order valence-corrected chi connectivity index (χ1v) is 25.9. The van der Waals surface area contributed by atoms with Crippen molar-refractivity contribution in [2.75, 3.05) is 22.9 Å². The second kappa shape index (κ2) is 16.9. The number of rotatable bonds is 6. The van der Waals surface area contributed by atoms with E-state index < -0.39 is 20.8 Å². The maximum absolute atomic E-state index is 6.60. The Kier molecular flexibility index (Phi) is 13.5. The van der Waals surface area contributed by atoms with E-state index in [4.69, 9.17) is 19.4 Å². The molecule has 0 spiro atoms. The molecular formula is C40H61Cl2N2PRu+2. The van der Waals surface area contributed by atoms with E-state index in [2.05, 4.69) is 86.6 Å². The van der Waals surface area contributed by atoms with Gasteiger partial charge in [-0.15, -0.1) is 0 Å². The number of halogens is 2. The topological polar surface area (TPSA) is 6.48 Å². The van der Waals surface area contributed by atoms with Gasteiger partial charge in [-0.3, -0.25) is 0 Å². The van der Waals surface area contributed by atoms with E-state index in [1.54, 1.807) is 0 Å². The van der Waals surface area contributed by atoms with Crippen LogP contribution < -0.4 is 9.80 Å². The van der Waals surface area contributed by atoms with E-state index in [1.165, 1.54) is 141 Å². The Morgan fingerprint density at radius 1 is 0.565 bits per heavy atom. The summed E-state index contributed by atoms with van der Waals surface area (Å²) in [7, 11) is 12.1. The Labute approximate surface area is 296 Å². The van der Waals surface area contributed by atoms with Gasteiger partial charge in [0.1, 0.15) is 0 Å². The first kappa shape index (κ1) is 36.7. The van der Waals surface area contributed by atoms with Crippen molar-refractivity contribution in [2.24, 2.45) is 0 Å². The number of hydrogen-bond acceptors (Lipinski definition) is 2. The molecule has 0 radical (unpaired) electrons. The number of aryl methyl sites for hydroxylation is 6. The molecule has 0 atom stereocenters. The number of hydrogen-bond donors (Lipinski definition) is 0. The zero-order valence-electron chi connectivity index (χ0n) is 29.7. The molecule has 4 aliphatic rings. The van der Waals surface area contributed by atoms with E-state index >= 15 is 0 Å². The van der Waals surface area contributed by atoms with Gasteiger partial charge in [0, 0.05) is 0 Å². The summed E-state index contributed by atoms with van der Waals surface area (Å²) in [5.74, 6) is 0. The average Bonchev–Trinajstić information content (AvgIpc) is 3.49. The zero-order chi connectivity index (χ0) is 32.8. The Morgan fingerprint density at radius 3 is 1.15 bits per heavy atom. The summed E-state index contributed by atoms with van der Waals surface area (Å²) >= 11 is -1.68. The van der Waals surface area contributed by atoms with Crippen LogP contribution in [0, 0.1) is 48.2 Å². The average molecular weight is 773 g/mol. The van der Waals surface area contributed by atoms with Crippen LogP contribution in [0.15, 0.2) is 24.3 Å². The molecule has 0 N–H and O–H groups in total. The first-order chi connectivity index (χ1) is 22.1. The van der Waals surface area contributed by atoms with Crippen LogP contribution in [0.3, 0.4) is 0 Å². The summed E-state index contributed by atoms with van der Waals surface area (Å²) in [6.07, 6.45) is 22.2. The Bertz CT molecular complexity index is 1180. The Morgan fingerprint density at radius 2 is 0.870 bits per heavy atom. The van der Waals surface area contributed by atoms with Gasteiger partial charge in [0.15, 0.2) is 0 Å². The quantitative estimate of drug-likeness (QED) is 0.164. The Hall–Kier alpha value is -0.587. The molecule has 2 aromatic rings. The van der Waals surface area contributed by atoms with Crippen LogP contribution in [0.1, 0.15) is 130 Å². The van der Waals surface area contributed by atoms with Gasteiger partial charge in [0.2, 0.25) is 0 Å². The second-order valence-electron chi connectivity index (χ2n) is 15.1. The van der Waals surface area contributed by atoms with Gasteiger partial charge >= 0.3 is 158 Å². The molecule has 0 unspecified atom stereocenters. The van der Waals surface area contributed by atoms with Crippen molar-refractivity contribution in [1.29, 1.82) is 0 Å². The van der Waals surface area contributed by atoms with E-state index in [0.717, 1.165) is 30.1 Å². The van der Waals surface area contributed by atoms with Crippen molar-refractivity contribution in [1.82, 2.24) is 0 Å². The van der Waals surface area contributed by atoms with Crippen LogP contribution in [-0.2, 0) is 13.5 Å².